The fourth-order valence-corrected chi connectivity index (χ4v) is 2.01. The number of nitrogens with one attached hydrogen (secondary N) is 1. The fraction of sp³-hybridized carbons (Fsp3) is 0.467. The normalized spacial score (nSPS) is 13.5. The van der Waals surface area contributed by atoms with E-state index in [-0.39, 0.29) is 0 Å². The molecule has 1 atom stereocenters. The van der Waals surface area contributed by atoms with Gasteiger partial charge >= 0.3 is 0 Å². The minimum Gasteiger partial charge on any atom is -0.497 e. The van der Waals surface area contributed by atoms with Gasteiger partial charge < -0.3 is 10.1 Å². The van der Waals surface area contributed by atoms with Crippen molar-refractivity contribution in [1.82, 2.24) is 5.32 Å². The van der Waals surface area contributed by atoms with E-state index in [1.165, 1.54) is 5.57 Å². The summed E-state index contributed by atoms with van der Waals surface area (Å²) in [6.07, 6.45) is 3.35. The number of halogens is 1. The van der Waals surface area contributed by atoms with Gasteiger partial charge in [0.05, 0.1) is 7.11 Å². The van der Waals surface area contributed by atoms with Crippen LogP contribution in [0.1, 0.15) is 32.8 Å². The van der Waals surface area contributed by atoms with Crippen LogP contribution in [0.25, 0.3) is 6.08 Å². The molecule has 0 aromatic heterocycles. The molecule has 0 spiro atoms. The van der Waals surface area contributed by atoms with E-state index in [4.69, 9.17) is 4.74 Å². The van der Waals surface area contributed by atoms with Crippen LogP contribution in [0.2, 0.25) is 0 Å². The summed E-state index contributed by atoms with van der Waals surface area (Å²) in [5.41, 5.74) is 2.47. The Balaban J connectivity index is 2.86. The SMILES string of the molecule is CCCNC(C)/C(C)=C/c1cc(OC)ccc1Br. The van der Waals surface area contributed by atoms with Gasteiger partial charge in [0.2, 0.25) is 0 Å². The molecular formula is C15H22BrNO. The van der Waals surface area contributed by atoms with Crippen LogP contribution in [-0.2, 0) is 0 Å². The second kappa shape index (κ2) is 7.59. The van der Waals surface area contributed by atoms with E-state index in [0.717, 1.165) is 28.8 Å². The number of hydrogen-bond acceptors (Lipinski definition) is 2. The highest BCUT2D eigenvalue weighted by Gasteiger charge is 2.05. The van der Waals surface area contributed by atoms with Crippen LogP contribution in [0, 0.1) is 0 Å². The first-order valence-corrected chi connectivity index (χ1v) is 7.13. The summed E-state index contributed by atoms with van der Waals surface area (Å²) in [5, 5.41) is 3.49. The van der Waals surface area contributed by atoms with Crippen molar-refractivity contribution >= 4 is 22.0 Å². The Morgan fingerprint density at radius 3 is 2.83 bits per heavy atom. The summed E-state index contributed by atoms with van der Waals surface area (Å²) in [4.78, 5) is 0. The lowest BCUT2D eigenvalue weighted by Crippen LogP contribution is -2.27. The number of benzene rings is 1. The van der Waals surface area contributed by atoms with Gasteiger partial charge in [-0.3, -0.25) is 0 Å². The highest BCUT2D eigenvalue weighted by atomic mass is 79.9. The van der Waals surface area contributed by atoms with E-state index in [2.05, 4.69) is 48.1 Å². The maximum atomic E-state index is 5.25. The molecule has 0 bridgehead atoms. The molecule has 0 saturated heterocycles. The summed E-state index contributed by atoms with van der Waals surface area (Å²) in [7, 11) is 1.69. The molecule has 1 aromatic carbocycles. The van der Waals surface area contributed by atoms with Crippen LogP contribution >= 0.6 is 15.9 Å². The number of methoxy groups -OCH3 is 1. The molecule has 0 heterocycles. The highest BCUT2D eigenvalue weighted by Crippen LogP contribution is 2.25. The molecule has 18 heavy (non-hydrogen) atoms. The molecule has 0 radical (unpaired) electrons. The molecule has 0 aliphatic rings. The van der Waals surface area contributed by atoms with Gasteiger partial charge in [-0.1, -0.05) is 34.5 Å². The lowest BCUT2D eigenvalue weighted by Gasteiger charge is -2.14. The molecule has 0 amide bonds. The molecule has 0 aliphatic heterocycles. The maximum absolute atomic E-state index is 5.25. The van der Waals surface area contributed by atoms with Crippen LogP contribution in [-0.4, -0.2) is 19.7 Å². The molecule has 1 N–H and O–H groups in total. The zero-order valence-corrected chi connectivity index (χ0v) is 13.2. The standard InChI is InChI=1S/C15H22BrNO/c1-5-8-17-12(3)11(2)9-13-10-14(18-4)6-7-15(13)16/h6-7,9-10,12,17H,5,8H2,1-4H3/b11-9+. The van der Waals surface area contributed by atoms with Crippen molar-refractivity contribution in [2.45, 2.75) is 33.2 Å². The summed E-state index contributed by atoms with van der Waals surface area (Å²) in [6.45, 7) is 7.57. The minimum absolute atomic E-state index is 0.392. The lowest BCUT2D eigenvalue weighted by molar-refractivity contribution is 0.414. The quantitative estimate of drug-likeness (QED) is 0.848. The van der Waals surface area contributed by atoms with E-state index >= 15 is 0 Å². The minimum atomic E-state index is 0.392. The first-order chi connectivity index (χ1) is 8.58. The van der Waals surface area contributed by atoms with E-state index in [1.807, 2.05) is 18.2 Å². The molecule has 0 saturated carbocycles. The fourth-order valence-electron chi connectivity index (χ4n) is 1.65. The van der Waals surface area contributed by atoms with E-state index in [0.29, 0.717) is 6.04 Å². The molecule has 0 fully saturated rings. The first-order valence-electron chi connectivity index (χ1n) is 6.33. The Labute approximate surface area is 119 Å². The molecule has 1 unspecified atom stereocenters. The molecule has 2 nitrogen and oxygen atoms in total. The third-order valence-electron chi connectivity index (χ3n) is 2.97. The Morgan fingerprint density at radius 1 is 1.50 bits per heavy atom. The van der Waals surface area contributed by atoms with Gasteiger partial charge in [0.1, 0.15) is 5.75 Å². The van der Waals surface area contributed by atoms with E-state index < -0.39 is 0 Å². The highest BCUT2D eigenvalue weighted by molar-refractivity contribution is 9.10. The predicted octanol–water partition coefficient (Wildman–Crippen LogP) is 4.25. The van der Waals surface area contributed by atoms with E-state index in [1.54, 1.807) is 7.11 Å². The van der Waals surface area contributed by atoms with Crippen molar-refractivity contribution in [3.05, 3.63) is 33.8 Å². The molecular weight excluding hydrogens is 290 g/mol. The second-order valence-electron chi connectivity index (χ2n) is 4.45. The molecule has 0 aliphatic carbocycles. The van der Waals surface area contributed by atoms with Gasteiger partial charge in [-0.15, -0.1) is 0 Å². The van der Waals surface area contributed by atoms with Crippen molar-refractivity contribution in [2.24, 2.45) is 0 Å². The largest absolute Gasteiger partial charge is 0.497 e. The van der Waals surface area contributed by atoms with Crippen molar-refractivity contribution in [3.63, 3.8) is 0 Å². The maximum Gasteiger partial charge on any atom is 0.119 e. The Kier molecular flexibility index (Phi) is 6.44. The van der Waals surface area contributed by atoms with Crippen LogP contribution < -0.4 is 10.1 Å². The summed E-state index contributed by atoms with van der Waals surface area (Å²) < 4.78 is 6.34. The smallest absolute Gasteiger partial charge is 0.119 e. The third kappa shape index (κ3) is 4.46. The van der Waals surface area contributed by atoms with Crippen LogP contribution in [0.4, 0.5) is 0 Å². The number of rotatable bonds is 6. The monoisotopic (exact) mass is 311 g/mol. The Hall–Kier alpha value is -0.800. The first kappa shape index (κ1) is 15.3. The van der Waals surface area contributed by atoms with Gasteiger partial charge in [0.25, 0.3) is 0 Å². The van der Waals surface area contributed by atoms with Crippen molar-refractivity contribution < 1.29 is 4.74 Å². The average molecular weight is 312 g/mol. The summed E-state index contributed by atoms with van der Waals surface area (Å²) >= 11 is 3.57. The Morgan fingerprint density at radius 2 is 2.22 bits per heavy atom. The zero-order valence-electron chi connectivity index (χ0n) is 11.6. The lowest BCUT2D eigenvalue weighted by atomic mass is 10.1. The van der Waals surface area contributed by atoms with Gasteiger partial charge in [-0.2, -0.15) is 0 Å². The van der Waals surface area contributed by atoms with Crippen molar-refractivity contribution in [3.8, 4) is 5.75 Å². The Bertz CT molecular complexity index is 415. The van der Waals surface area contributed by atoms with Crippen molar-refractivity contribution in [2.75, 3.05) is 13.7 Å². The van der Waals surface area contributed by atoms with Gasteiger partial charge in [0.15, 0.2) is 0 Å². The van der Waals surface area contributed by atoms with Gasteiger partial charge in [-0.05, 0) is 50.6 Å². The van der Waals surface area contributed by atoms with Crippen molar-refractivity contribution in [1.29, 1.82) is 0 Å². The van der Waals surface area contributed by atoms with E-state index in [9.17, 15) is 0 Å². The molecule has 100 valence electrons. The third-order valence-corrected chi connectivity index (χ3v) is 3.69. The summed E-state index contributed by atoms with van der Waals surface area (Å²) in [6, 6.07) is 6.40. The number of ether oxygens (including phenoxy) is 1. The zero-order chi connectivity index (χ0) is 13.5. The topological polar surface area (TPSA) is 21.3 Å². The number of hydrogen-bond donors (Lipinski definition) is 1. The van der Waals surface area contributed by atoms with Gasteiger partial charge in [0, 0.05) is 10.5 Å². The van der Waals surface area contributed by atoms with Gasteiger partial charge in [-0.25, -0.2) is 0 Å². The predicted molar refractivity (Wildman–Crippen MR) is 82.1 cm³/mol. The molecule has 1 aromatic rings. The van der Waals surface area contributed by atoms with Crippen LogP contribution in [0.5, 0.6) is 5.75 Å². The average Bonchev–Trinajstić information content (AvgIpc) is 2.38. The van der Waals surface area contributed by atoms with Crippen LogP contribution in [0.3, 0.4) is 0 Å². The van der Waals surface area contributed by atoms with Crippen LogP contribution in [0.15, 0.2) is 28.2 Å². The second-order valence-corrected chi connectivity index (χ2v) is 5.31. The molecule has 1 rings (SSSR count). The molecule has 3 heteroatoms. The summed E-state index contributed by atoms with van der Waals surface area (Å²) in [5.74, 6) is 0.881.